The van der Waals surface area contributed by atoms with E-state index in [1.54, 1.807) is 19.1 Å². The van der Waals surface area contributed by atoms with Crippen molar-refractivity contribution < 1.29 is 8.78 Å². The van der Waals surface area contributed by atoms with Crippen LogP contribution in [-0.4, -0.2) is 0 Å². The van der Waals surface area contributed by atoms with Crippen LogP contribution in [0.1, 0.15) is 33.9 Å². The van der Waals surface area contributed by atoms with Crippen LogP contribution in [0.3, 0.4) is 0 Å². The molecule has 0 saturated heterocycles. The SMILES string of the molecule is Cc1cc(C)c(C(NN)c2cc(C)ccc2F)c(F)c1. The second-order valence-electron chi connectivity index (χ2n) is 5.10. The molecule has 0 aliphatic carbocycles. The number of aryl methyl sites for hydroxylation is 3. The van der Waals surface area contributed by atoms with Crippen molar-refractivity contribution in [2.45, 2.75) is 26.8 Å². The van der Waals surface area contributed by atoms with Gasteiger partial charge in [-0.3, -0.25) is 5.84 Å². The summed E-state index contributed by atoms with van der Waals surface area (Å²) in [5.74, 6) is 4.76. The topological polar surface area (TPSA) is 38.0 Å². The molecule has 0 aliphatic heterocycles. The zero-order chi connectivity index (χ0) is 14.9. The Morgan fingerprint density at radius 2 is 1.65 bits per heavy atom. The van der Waals surface area contributed by atoms with E-state index in [0.717, 1.165) is 16.7 Å². The lowest BCUT2D eigenvalue weighted by atomic mass is 9.92. The second-order valence-corrected chi connectivity index (χ2v) is 5.10. The Morgan fingerprint density at radius 1 is 0.950 bits per heavy atom. The normalized spacial score (nSPS) is 12.5. The molecule has 106 valence electrons. The average Bonchev–Trinajstić information content (AvgIpc) is 2.37. The number of hydrazine groups is 1. The van der Waals surface area contributed by atoms with Crippen LogP contribution in [0.25, 0.3) is 0 Å². The van der Waals surface area contributed by atoms with E-state index in [1.165, 1.54) is 12.1 Å². The van der Waals surface area contributed by atoms with Crippen LogP contribution in [0, 0.1) is 32.4 Å². The van der Waals surface area contributed by atoms with Crippen LogP contribution in [0.5, 0.6) is 0 Å². The molecular weight excluding hydrogens is 258 g/mol. The fourth-order valence-electron chi connectivity index (χ4n) is 2.51. The van der Waals surface area contributed by atoms with E-state index in [1.807, 2.05) is 19.9 Å². The average molecular weight is 276 g/mol. The molecule has 0 aromatic heterocycles. The minimum Gasteiger partial charge on any atom is -0.271 e. The highest BCUT2D eigenvalue weighted by Gasteiger charge is 2.22. The van der Waals surface area contributed by atoms with Crippen molar-refractivity contribution in [2.24, 2.45) is 5.84 Å². The summed E-state index contributed by atoms with van der Waals surface area (Å²) in [6.07, 6.45) is 0. The Bertz CT molecular complexity index is 615. The van der Waals surface area contributed by atoms with E-state index in [0.29, 0.717) is 11.1 Å². The highest BCUT2D eigenvalue weighted by Crippen LogP contribution is 2.29. The summed E-state index contributed by atoms with van der Waals surface area (Å²) in [6, 6.07) is 7.30. The van der Waals surface area contributed by atoms with Gasteiger partial charge in [0.25, 0.3) is 0 Å². The minimum atomic E-state index is -0.712. The van der Waals surface area contributed by atoms with E-state index in [2.05, 4.69) is 5.43 Å². The predicted octanol–water partition coefficient (Wildman–Crippen LogP) is 3.44. The first-order valence-corrected chi connectivity index (χ1v) is 6.43. The molecule has 0 bridgehead atoms. The predicted molar refractivity (Wildman–Crippen MR) is 76.2 cm³/mol. The summed E-state index contributed by atoms with van der Waals surface area (Å²) in [5.41, 5.74) is 5.71. The lowest BCUT2D eigenvalue weighted by molar-refractivity contribution is 0.528. The lowest BCUT2D eigenvalue weighted by Crippen LogP contribution is -2.31. The largest absolute Gasteiger partial charge is 0.271 e. The van der Waals surface area contributed by atoms with Crippen LogP contribution in [0.4, 0.5) is 8.78 Å². The van der Waals surface area contributed by atoms with Crippen molar-refractivity contribution in [1.82, 2.24) is 5.43 Å². The number of rotatable bonds is 3. The lowest BCUT2D eigenvalue weighted by Gasteiger charge is -2.21. The number of nitrogens with one attached hydrogen (secondary N) is 1. The summed E-state index contributed by atoms with van der Waals surface area (Å²) in [6.45, 7) is 5.47. The molecule has 0 radical (unpaired) electrons. The second kappa shape index (κ2) is 5.69. The first-order chi connectivity index (χ1) is 9.43. The van der Waals surface area contributed by atoms with Gasteiger partial charge in [0.15, 0.2) is 0 Å². The van der Waals surface area contributed by atoms with Crippen molar-refractivity contribution in [3.63, 3.8) is 0 Å². The maximum absolute atomic E-state index is 14.2. The molecule has 1 unspecified atom stereocenters. The first kappa shape index (κ1) is 14.6. The van der Waals surface area contributed by atoms with Crippen molar-refractivity contribution in [3.05, 3.63) is 69.8 Å². The minimum absolute atomic E-state index is 0.346. The zero-order valence-electron chi connectivity index (χ0n) is 11.8. The van der Waals surface area contributed by atoms with Gasteiger partial charge >= 0.3 is 0 Å². The van der Waals surface area contributed by atoms with Gasteiger partial charge in [-0.15, -0.1) is 0 Å². The summed E-state index contributed by atoms with van der Waals surface area (Å²) in [4.78, 5) is 0. The van der Waals surface area contributed by atoms with Gasteiger partial charge < -0.3 is 0 Å². The molecule has 3 N–H and O–H groups in total. The standard InChI is InChI=1S/C16H18F2N2/c1-9-4-5-13(17)12(7-9)16(20-19)15-11(3)6-10(2)8-14(15)18/h4-8,16,20H,19H2,1-3H3. The molecule has 0 spiro atoms. The van der Waals surface area contributed by atoms with E-state index < -0.39 is 11.9 Å². The quantitative estimate of drug-likeness (QED) is 0.665. The molecule has 1 atom stereocenters. The molecule has 0 heterocycles. The monoisotopic (exact) mass is 276 g/mol. The van der Waals surface area contributed by atoms with Gasteiger partial charge in [-0.25, -0.2) is 14.2 Å². The van der Waals surface area contributed by atoms with Gasteiger partial charge in [0.1, 0.15) is 11.6 Å². The zero-order valence-corrected chi connectivity index (χ0v) is 11.8. The fourth-order valence-corrected chi connectivity index (χ4v) is 2.51. The van der Waals surface area contributed by atoms with Gasteiger partial charge in [-0.05, 0) is 44.0 Å². The Kier molecular flexibility index (Phi) is 4.16. The van der Waals surface area contributed by atoms with Crippen molar-refractivity contribution in [2.75, 3.05) is 0 Å². The molecule has 0 saturated carbocycles. The molecular formula is C16H18F2N2. The molecule has 0 fully saturated rings. The third-order valence-corrected chi connectivity index (χ3v) is 3.40. The van der Waals surface area contributed by atoms with Gasteiger partial charge in [-0.2, -0.15) is 0 Å². The summed E-state index contributed by atoms with van der Waals surface area (Å²) >= 11 is 0. The maximum atomic E-state index is 14.2. The molecule has 0 amide bonds. The molecule has 2 nitrogen and oxygen atoms in total. The Balaban J connectivity index is 2.61. The third kappa shape index (κ3) is 2.71. The molecule has 0 aliphatic rings. The summed E-state index contributed by atoms with van der Waals surface area (Å²) in [5, 5.41) is 0. The Hall–Kier alpha value is -1.78. The van der Waals surface area contributed by atoms with Crippen LogP contribution in [0.2, 0.25) is 0 Å². The molecule has 4 heteroatoms. The van der Waals surface area contributed by atoms with E-state index in [9.17, 15) is 8.78 Å². The van der Waals surface area contributed by atoms with Crippen molar-refractivity contribution in [1.29, 1.82) is 0 Å². The smallest absolute Gasteiger partial charge is 0.128 e. The van der Waals surface area contributed by atoms with E-state index >= 15 is 0 Å². The van der Waals surface area contributed by atoms with E-state index in [4.69, 9.17) is 5.84 Å². The van der Waals surface area contributed by atoms with Crippen LogP contribution < -0.4 is 11.3 Å². The molecule has 2 aromatic carbocycles. The summed E-state index contributed by atoms with van der Waals surface area (Å²) < 4.78 is 28.3. The highest BCUT2D eigenvalue weighted by atomic mass is 19.1. The van der Waals surface area contributed by atoms with Gasteiger partial charge in [-0.1, -0.05) is 23.8 Å². The molecule has 2 rings (SSSR count). The fraction of sp³-hybridized carbons (Fsp3) is 0.250. The van der Waals surface area contributed by atoms with Crippen LogP contribution >= 0.6 is 0 Å². The number of hydrogen-bond acceptors (Lipinski definition) is 2. The van der Waals surface area contributed by atoms with Crippen molar-refractivity contribution >= 4 is 0 Å². The number of nitrogens with two attached hydrogens (primary N) is 1. The molecule has 20 heavy (non-hydrogen) atoms. The maximum Gasteiger partial charge on any atom is 0.128 e. The third-order valence-electron chi connectivity index (χ3n) is 3.40. The first-order valence-electron chi connectivity index (χ1n) is 6.43. The van der Waals surface area contributed by atoms with Crippen molar-refractivity contribution in [3.8, 4) is 0 Å². The van der Waals surface area contributed by atoms with Crippen LogP contribution in [-0.2, 0) is 0 Å². The highest BCUT2D eigenvalue weighted by molar-refractivity contribution is 5.41. The van der Waals surface area contributed by atoms with Gasteiger partial charge in [0.05, 0.1) is 6.04 Å². The number of benzene rings is 2. The Labute approximate surface area is 117 Å². The number of hydrogen-bond donors (Lipinski definition) is 2. The van der Waals surface area contributed by atoms with Crippen LogP contribution in [0.15, 0.2) is 30.3 Å². The number of halogens is 2. The van der Waals surface area contributed by atoms with E-state index in [-0.39, 0.29) is 5.82 Å². The van der Waals surface area contributed by atoms with Gasteiger partial charge in [0, 0.05) is 11.1 Å². The Morgan fingerprint density at radius 3 is 2.25 bits per heavy atom. The van der Waals surface area contributed by atoms with Gasteiger partial charge in [0.2, 0.25) is 0 Å². The molecule has 2 aromatic rings. The summed E-state index contributed by atoms with van der Waals surface area (Å²) in [7, 11) is 0.